The quantitative estimate of drug-likeness (QED) is 0.693. The molecule has 0 unspecified atom stereocenters. The van der Waals surface area contributed by atoms with Gasteiger partial charge < -0.3 is 0 Å². The lowest BCUT2D eigenvalue weighted by Gasteiger charge is -2.14. The highest BCUT2D eigenvalue weighted by Gasteiger charge is 2.08. The Labute approximate surface area is 117 Å². The van der Waals surface area contributed by atoms with E-state index in [2.05, 4.69) is 72.2 Å². The Balaban J connectivity index is 2.43. The molecule has 0 N–H and O–H groups in total. The van der Waals surface area contributed by atoms with Crippen LogP contribution in [0.5, 0.6) is 0 Å². The van der Waals surface area contributed by atoms with Gasteiger partial charge in [-0.05, 0) is 86.1 Å². The highest BCUT2D eigenvalue weighted by atomic mass is 14.1. The first-order chi connectivity index (χ1) is 8.91. The van der Waals surface area contributed by atoms with Crippen LogP contribution in [0, 0.1) is 48.0 Å². The van der Waals surface area contributed by atoms with E-state index in [1.807, 2.05) is 0 Å². The van der Waals surface area contributed by atoms with Gasteiger partial charge in [0.05, 0.1) is 0 Å². The summed E-state index contributed by atoms with van der Waals surface area (Å²) < 4.78 is 0. The van der Waals surface area contributed by atoms with Gasteiger partial charge in [0.15, 0.2) is 0 Å². The van der Waals surface area contributed by atoms with Crippen molar-refractivity contribution in [3.8, 4) is 0 Å². The zero-order valence-electron chi connectivity index (χ0n) is 12.9. The van der Waals surface area contributed by atoms with E-state index in [4.69, 9.17) is 0 Å². The lowest BCUT2D eigenvalue weighted by molar-refractivity contribution is 1.19. The van der Waals surface area contributed by atoms with Crippen molar-refractivity contribution in [3.05, 3.63) is 75.2 Å². The minimum Gasteiger partial charge on any atom is -0.0587 e. The molecular weight excluding hydrogens is 228 g/mol. The summed E-state index contributed by atoms with van der Waals surface area (Å²) in [6, 6.07) is 8.88. The van der Waals surface area contributed by atoms with Gasteiger partial charge in [0.25, 0.3) is 0 Å². The monoisotopic (exact) mass is 251 g/mol. The van der Waals surface area contributed by atoms with Crippen LogP contribution >= 0.6 is 0 Å². The molecule has 0 aliphatic carbocycles. The minimum absolute atomic E-state index is 1.33. The molecule has 2 aromatic carbocycles. The molecule has 0 atom stereocenters. The maximum atomic E-state index is 2.31. The van der Waals surface area contributed by atoms with Crippen LogP contribution < -0.4 is 0 Å². The number of benzene rings is 2. The number of hydrogen-bond donors (Lipinski definition) is 0. The van der Waals surface area contributed by atoms with E-state index in [0.717, 1.165) is 0 Å². The second kappa shape index (κ2) is 5.21. The predicted molar refractivity (Wildman–Crippen MR) is 83.8 cm³/mol. The second-order valence-electron chi connectivity index (χ2n) is 5.59. The summed E-state index contributed by atoms with van der Waals surface area (Å²) in [4.78, 5) is 0. The molecule has 0 bridgehead atoms. The van der Waals surface area contributed by atoms with Crippen LogP contribution in [-0.4, -0.2) is 0 Å². The summed E-state index contributed by atoms with van der Waals surface area (Å²) in [5, 5.41) is 0. The molecule has 0 aliphatic heterocycles. The van der Waals surface area contributed by atoms with E-state index in [0.29, 0.717) is 0 Å². The first kappa shape index (κ1) is 13.9. The average molecular weight is 251 g/mol. The van der Waals surface area contributed by atoms with Crippen LogP contribution in [-0.2, 0) is 0 Å². The lowest BCUT2D eigenvalue weighted by Crippen LogP contribution is -1.98. The Hall–Kier alpha value is -1.56. The topological polar surface area (TPSA) is 0 Å². The summed E-state index contributed by atoms with van der Waals surface area (Å²) >= 11 is 0. The molecule has 1 radical (unpaired) electrons. The van der Waals surface area contributed by atoms with Gasteiger partial charge in [0.2, 0.25) is 0 Å². The van der Waals surface area contributed by atoms with Gasteiger partial charge in [-0.25, -0.2) is 0 Å². The van der Waals surface area contributed by atoms with Crippen LogP contribution in [0.15, 0.2) is 24.3 Å². The SMILES string of the molecule is Cc1ccc([CH]c2ccc(C)c(C)c2C)c(C)c1C. The van der Waals surface area contributed by atoms with Crippen LogP contribution in [0.3, 0.4) is 0 Å². The normalized spacial score (nSPS) is 10.8. The van der Waals surface area contributed by atoms with E-state index in [1.165, 1.54) is 44.5 Å². The van der Waals surface area contributed by atoms with Gasteiger partial charge in [0, 0.05) is 6.42 Å². The van der Waals surface area contributed by atoms with E-state index in [-0.39, 0.29) is 0 Å². The third-order valence-electron chi connectivity index (χ3n) is 4.51. The molecule has 0 saturated heterocycles. The molecule has 0 amide bonds. The van der Waals surface area contributed by atoms with Crippen molar-refractivity contribution in [1.82, 2.24) is 0 Å². The highest BCUT2D eigenvalue weighted by molar-refractivity contribution is 5.51. The standard InChI is InChI=1S/C19H23/c1-12-7-9-18(16(5)14(12)3)11-19-10-8-13(2)15(4)17(19)6/h7-11H,1-6H3. The Kier molecular flexibility index (Phi) is 3.80. The number of hydrogen-bond acceptors (Lipinski definition) is 0. The predicted octanol–water partition coefficient (Wildman–Crippen LogP) is 5.14. The summed E-state index contributed by atoms with van der Waals surface area (Å²) in [6.07, 6.45) is 2.31. The van der Waals surface area contributed by atoms with E-state index in [9.17, 15) is 0 Å². The fourth-order valence-corrected chi connectivity index (χ4v) is 2.43. The summed E-state index contributed by atoms with van der Waals surface area (Å²) in [5.41, 5.74) is 11.0. The largest absolute Gasteiger partial charge is 0.0587 e. The number of aryl methyl sites for hydroxylation is 2. The fourth-order valence-electron chi connectivity index (χ4n) is 2.43. The summed E-state index contributed by atoms with van der Waals surface area (Å²) in [6.45, 7) is 13.2. The van der Waals surface area contributed by atoms with E-state index < -0.39 is 0 Å². The molecule has 0 heteroatoms. The second-order valence-corrected chi connectivity index (χ2v) is 5.59. The van der Waals surface area contributed by atoms with Crippen molar-refractivity contribution in [3.63, 3.8) is 0 Å². The molecular formula is C19H23. The van der Waals surface area contributed by atoms with Crippen LogP contribution in [0.1, 0.15) is 44.5 Å². The highest BCUT2D eigenvalue weighted by Crippen LogP contribution is 2.25. The summed E-state index contributed by atoms with van der Waals surface area (Å²) in [7, 11) is 0. The first-order valence-electron chi connectivity index (χ1n) is 6.90. The molecule has 19 heavy (non-hydrogen) atoms. The fraction of sp³-hybridized carbons (Fsp3) is 0.316. The Morgan fingerprint density at radius 3 is 1.26 bits per heavy atom. The molecule has 99 valence electrons. The van der Waals surface area contributed by atoms with Crippen molar-refractivity contribution in [1.29, 1.82) is 0 Å². The maximum Gasteiger partial charge on any atom is 0.0204 e. The van der Waals surface area contributed by atoms with Gasteiger partial charge in [-0.1, -0.05) is 24.3 Å². The van der Waals surface area contributed by atoms with Crippen molar-refractivity contribution in [2.45, 2.75) is 41.5 Å². The molecule has 0 heterocycles. The molecule has 2 aromatic rings. The zero-order chi connectivity index (χ0) is 14.2. The van der Waals surface area contributed by atoms with Crippen molar-refractivity contribution < 1.29 is 0 Å². The Morgan fingerprint density at radius 2 is 0.895 bits per heavy atom. The van der Waals surface area contributed by atoms with Crippen LogP contribution in [0.4, 0.5) is 0 Å². The molecule has 2 rings (SSSR count). The smallest absolute Gasteiger partial charge is 0.0204 e. The Morgan fingerprint density at radius 1 is 0.526 bits per heavy atom. The molecule has 0 fully saturated rings. The lowest BCUT2D eigenvalue weighted by atomic mass is 9.90. The van der Waals surface area contributed by atoms with E-state index in [1.54, 1.807) is 0 Å². The maximum absolute atomic E-state index is 2.31. The van der Waals surface area contributed by atoms with E-state index >= 15 is 0 Å². The average Bonchev–Trinajstić information content (AvgIpc) is 2.39. The van der Waals surface area contributed by atoms with Gasteiger partial charge in [-0.3, -0.25) is 0 Å². The number of rotatable bonds is 2. The third kappa shape index (κ3) is 2.58. The molecule has 0 saturated carbocycles. The van der Waals surface area contributed by atoms with Gasteiger partial charge >= 0.3 is 0 Å². The Bertz CT molecular complexity index is 563. The molecule has 0 aromatic heterocycles. The minimum atomic E-state index is 1.33. The summed E-state index contributed by atoms with van der Waals surface area (Å²) in [5.74, 6) is 0. The molecule has 0 nitrogen and oxygen atoms in total. The van der Waals surface area contributed by atoms with Gasteiger partial charge in [0.1, 0.15) is 0 Å². The van der Waals surface area contributed by atoms with Crippen molar-refractivity contribution in [2.75, 3.05) is 0 Å². The molecule has 0 spiro atoms. The zero-order valence-corrected chi connectivity index (χ0v) is 12.9. The first-order valence-corrected chi connectivity index (χ1v) is 6.90. The van der Waals surface area contributed by atoms with Crippen LogP contribution in [0.2, 0.25) is 0 Å². The van der Waals surface area contributed by atoms with Gasteiger partial charge in [-0.2, -0.15) is 0 Å². The van der Waals surface area contributed by atoms with Gasteiger partial charge in [-0.15, -0.1) is 0 Å². The van der Waals surface area contributed by atoms with Crippen LogP contribution in [0.25, 0.3) is 0 Å². The molecule has 0 aliphatic rings. The van der Waals surface area contributed by atoms with Crippen molar-refractivity contribution >= 4 is 0 Å². The third-order valence-corrected chi connectivity index (χ3v) is 4.51. The van der Waals surface area contributed by atoms with Crippen molar-refractivity contribution in [2.24, 2.45) is 0 Å².